The number of rotatable bonds is 10. The zero-order valence-corrected chi connectivity index (χ0v) is 14.1. The van der Waals surface area contributed by atoms with Crippen molar-refractivity contribution in [2.24, 2.45) is 0 Å². The molecule has 0 aliphatic carbocycles. The van der Waals surface area contributed by atoms with Gasteiger partial charge in [0.1, 0.15) is 0 Å². The number of aryl methyl sites for hydroxylation is 1. The monoisotopic (exact) mass is 319 g/mol. The number of ether oxygens (including phenoxy) is 2. The third-order valence-corrected chi connectivity index (χ3v) is 3.99. The minimum atomic E-state index is -0.499. The topological polar surface area (TPSA) is 41.9 Å². The van der Waals surface area contributed by atoms with Gasteiger partial charge in [-0.25, -0.2) is 0 Å². The van der Waals surface area contributed by atoms with Gasteiger partial charge in [-0.05, 0) is 25.3 Å². The van der Waals surface area contributed by atoms with E-state index in [4.69, 9.17) is 9.47 Å². The van der Waals surface area contributed by atoms with E-state index in [9.17, 15) is 5.11 Å². The molecule has 1 heterocycles. The predicted octanol–water partition coefficient (Wildman–Crippen LogP) is 2.54. The zero-order chi connectivity index (χ0) is 16.5. The predicted molar refractivity (Wildman–Crippen MR) is 92.5 cm³/mol. The average molecular weight is 319 g/mol. The number of aliphatic hydroxyl groups excluding tert-OH is 1. The van der Waals surface area contributed by atoms with Gasteiger partial charge in [0.05, 0.1) is 25.4 Å². The molecule has 1 aliphatic heterocycles. The molecule has 1 fully saturated rings. The molecule has 1 saturated heterocycles. The van der Waals surface area contributed by atoms with Crippen molar-refractivity contribution in [1.82, 2.24) is 4.90 Å². The van der Waals surface area contributed by atoms with Gasteiger partial charge in [-0.1, -0.05) is 35.9 Å². The summed E-state index contributed by atoms with van der Waals surface area (Å²) in [6, 6.07) is 8.52. The highest BCUT2D eigenvalue weighted by Crippen LogP contribution is 2.16. The van der Waals surface area contributed by atoms with Gasteiger partial charge in [0.25, 0.3) is 0 Å². The first-order valence-corrected chi connectivity index (χ1v) is 8.43. The van der Waals surface area contributed by atoms with Crippen molar-refractivity contribution in [2.75, 3.05) is 32.9 Å². The van der Waals surface area contributed by atoms with E-state index < -0.39 is 6.10 Å². The summed E-state index contributed by atoms with van der Waals surface area (Å²) < 4.78 is 11.1. The van der Waals surface area contributed by atoms with E-state index >= 15 is 0 Å². The summed E-state index contributed by atoms with van der Waals surface area (Å²) in [5.74, 6) is 0. The fourth-order valence-corrected chi connectivity index (χ4v) is 2.99. The lowest BCUT2D eigenvalue weighted by molar-refractivity contribution is 0.00856. The summed E-state index contributed by atoms with van der Waals surface area (Å²) >= 11 is 0. The Morgan fingerprint density at radius 2 is 2.39 bits per heavy atom. The molecule has 4 heteroatoms. The fraction of sp³-hybridized carbons (Fsp3) is 0.579. The highest BCUT2D eigenvalue weighted by Gasteiger charge is 2.21. The van der Waals surface area contributed by atoms with Gasteiger partial charge in [-0.3, -0.25) is 4.90 Å². The molecule has 2 atom stereocenters. The summed E-state index contributed by atoms with van der Waals surface area (Å²) in [5.41, 5.74) is 2.52. The van der Waals surface area contributed by atoms with Crippen molar-refractivity contribution >= 4 is 0 Å². The minimum Gasteiger partial charge on any atom is -0.389 e. The molecule has 1 N–H and O–H groups in total. The van der Waals surface area contributed by atoms with Crippen molar-refractivity contribution < 1.29 is 14.6 Å². The molecule has 0 bridgehead atoms. The van der Waals surface area contributed by atoms with E-state index in [0.29, 0.717) is 19.8 Å². The highest BCUT2D eigenvalue weighted by molar-refractivity contribution is 5.22. The fourth-order valence-electron chi connectivity index (χ4n) is 2.99. The van der Waals surface area contributed by atoms with Crippen LogP contribution in [0.2, 0.25) is 0 Å². The number of hydrogen-bond donors (Lipinski definition) is 1. The van der Waals surface area contributed by atoms with Crippen LogP contribution >= 0.6 is 0 Å². The number of hydrogen-bond acceptors (Lipinski definition) is 4. The van der Waals surface area contributed by atoms with Crippen LogP contribution in [0.1, 0.15) is 24.0 Å². The molecule has 1 aliphatic rings. The Labute approximate surface area is 139 Å². The summed E-state index contributed by atoms with van der Waals surface area (Å²) in [6.07, 6.45) is 3.72. The minimum absolute atomic E-state index is 0.279. The van der Waals surface area contributed by atoms with Gasteiger partial charge in [-0.15, -0.1) is 6.58 Å². The summed E-state index contributed by atoms with van der Waals surface area (Å²) in [6.45, 7) is 9.65. The van der Waals surface area contributed by atoms with Crippen molar-refractivity contribution in [2.45, 2.75) is 38.5 Å². The second kappa shape index (κ2) is 9.83. The Morgan fingerprint density at radius 3 is 3.09 bits per heavy atom. The lowest BCUT2D eigenvalue weighted by Crippen LogP contribution is -2.39. The third-order valence-electron chi connectivity index (χ3n) is 3.99. The van der Waals surface area contributed by atoms with E-state index in [-0.39, 0.29) is 6.10 Å². The molecule has 128 valence electrons. The second-order valence-corrected chi connectivity index (χ2v) is 6.30. The molecule has 0 radical (unpaired) electrons. The normalized spacial score (nSPS) is 19.2. The summed E-state index contributed by atoms with van der Waals surface area (Å²) in [4.78, 5) is 2.27. The first-order chi connectivity index (χ1) is 11.2. The van der Waals surface area contributed by atoms with Gasteiger partial charge in [0.2, 0.25) is 0 Å². The van der Waals surface area contributed by atoms with Crippen molar-refractivity contribution in [3.63, 3.8) is 0 Å². The number of nitrogens with zero attached hydrogens (tertiary/aromatic N) is 1. The molecule has 4 nitrogen and oxygen atoms in total. The zero-order valence-electron chi connectivity index (χ0n) is 14.1. The molecule has 1 aromatic carbocycles. The number of benzene rings is 1. The van der Waals surface area contributed by atoms with E-state index in [1.54, 1.807) is 6.08 Å². The van der Waals surface area contributed by atoms with Crippen LogP contribution in [0.4, 0.5) is 0 Å². The van der Waals surface area contributed by atoms with Gasteiger partial charge >= 0.3 is 0 Å². The van der Waals surface area contributed by atoms with Crippen LogP contribution in [0.5, 0.6) is 0 Å². The summed E-state index contributed by atoms with van der Waals surface area (Å²) in [7, 11) is 0. The Morgan fingerprint density at radius 1 is 1.52 bits per heavy atom. The standard InChI is InChI=1S/C19H29NO3/c1-3-9-22-15-18(21)13-20(14-19-8-5-10-23-19)12-17-7-4-6-16(2)11-17/h3-4,6-7,11,18-19,21H,1,5,8-10,12-15H2,2H3. The van der Waals surface area contributed by atoms with Crippen LogP contribution in [0.3, 0.4) is 0 Å². The van der Waals surface area contributed by atoms with E-state index in [0.717, 1.165) is 32.5 Å². The van der Waals surface area contributed by atoms with Gasteiger partial charge in [-0.2, -0.15) is 0 Å². The first kappa shape index (κ1) is 18.1. The molecule has 0 saturated carbocycles. The van der Waals surface area contributed by atoms with E-state index in [2.05, 4.69) is 42.7 Å². The maximum absolute atomic E-state index is 10.2. The van der Waals surface area contributed by atoms with Gasteiger partial charge in [0, 0.05) is 26.2 Å². The first-order valence-electron chi connectivity index (χ1n) is 8.43. The SMILES string of the molecule is C=CCOCC(O)CN(Cc1cccc(C)c1)CC1CCCO1. The Hall–Kier alpha value is -1.20. The van der Waals surface area contributed by atoms with Gasteiger partial charge < -0.3 is 14.6 Å². The third kappa shape index (κ3) is 6.83. The maximum Gasteiger partial charge on any atom is 0.0900 e. The molecule has 23 heavy (non-hydrogen) atoms. The van der Waals surface area contributed by atoms with Crippen molar-refractivity contribution in [3.8, 4) is 0 Å². The van der Waals surface area contributed by atoms with Crippen LogP contribution in [0.25, 0.3) is 0 Å². The lowest BCUT2D eigenvalue weighted by Gasteiger charge is -2.27. The van der Waals surface area contributed by atoms with Crippen LogP contribution < -0.4 is 0 Å². The molecule has 0 amide bonds. The molecular weight excluding hydrogens is 290 g/mol. The molecule has 1 aromatic rings. The maximum atomic E-state index is 10.2. The van der Waals surface area contributed by atoms with Crippen LogP contribution in [-0.2, 0) is 16.0 Å². The number of aliphatic hydroxyl groups is 1. The molecule has 2 unspecified atom stereocenters. The van der Waals surface area contributed by atoms with E-state index in [1.165, 1.54) is 11.1 Å². The van der Waals surface area contributed by atoms with Crippen molar-refractivity contribution in [3.05, 3.63) is 48.0 Å². The molecule has 0 spiro atoms. The Balaban J connectivity index is 1.91. The molecule has 0 aromatic heterocycles. The highest BCUT2D eigenvalue weighted by atomic mass is 16.5. The van der Waals surface area contributed by atoms with Crippen LogP contribution in [0, 0.1) is 6.92 Å². The Kier molecular flexibility index (Phi) is 7.76. The van der Waals surface area contributed by atoms with E-state index in [1.807, 2.05) is 0 Å². The van der Waals surface area contributed by atoms with Crippen LogP contribution in [-0.4, -0.2) is 55.1 Å². The second-order valence-electron chi connectivity index (χ2n) is 6.30. The average Bonchev–Trinajstić information content (AvgIpc) is 3.00. The van der Waals surface area contributed by atoms with Crippen molar-refractivity contribution in [1.29, 1.82) is 0 Å². The van der Waals surface area contributed by atoms with Gasteiger partial charge in [0.15, 0.2) is 0 Å². The van der Waals surface area contributed by atoms with Crippen LogP contribution in [0.15, 0.2) is 36.9 Å². The smallest absolute Gasteiger partial charge is 0.0900 e. The molecular formula is C19H29NO3. The summed E-state index contributed by atoms with van der Waals surface area (Å²) in [5, 5.41) is 10.2. The Bertz CT molecular complexity index is 471. The largest absolute Gasteiger partial charge is 0.389 e. The molecule has 2 rings (SSSR count). The quantitative estimate of drug-likeness (QED) is 0.531. The lowest BCUT2D eigenvalue weighted by atomic mass is 10.1.